The molecule has 0 saturated carbocycles. The molecule has 1 aliphatic heterocycles. The molecule has 1 aliphatic carbocycles. The predicted octanol–water partition coefficient (Wildman–Crippen LogP) is 3.89. The molecule has 0 bridgehead atoms. The smallest absolute Gasteiger partial charge is 0.0426 e. The van der Waals surface area contributed by atoms with Gasteiger partial charge in [0.05, 0.1) is 0 Å². The van der Waals surface area contributed by atoms with Crippen molar-refractivity contribution in [1.82, 2.24) is 0 Å². The Morgan fingerprint density at radius 3 is 2.65 bits per heavy atom. The van der Waals surface area contributed by atoms with Crippen LogP contribution in [-0.4, -0.2) is 5.25 Å². The Labute approximate surface area is 124 Å². The third-order valence-electron chi connectivity index (χ3n) is 4.70. The highest BCUT2D eigenvalue weighted by molar-refractivity contribution is 8.00. The Hall–Kier alpha value is -1.25. The third-order valence-corrected chi connectivity index (χ3v) is 6.02. The molecule has 0 saturated heterocycles. The van der Waals surface area contributed by atoms with Gasteiger partial charge >= 0.3 is 0 Å². The molecular formula is C18H19NS. The van der Waals surface area contributed by atoms with Gasteiger partial charge in [0.25, 0.3) is 0 Å². The Morgan fingerprint density at radius 2 is 1.80 bits per heavy atom. The van der Waals surface area contributed by atoms with Crippen LogP contribution in [0.2, 0.25) is 0 Å². The largest absolute Gasteiger partial charge is 0.321 e. The van der Waals surface area contributed by atoms with Crippen molar-refractivity contribution >= 4 is 11.8 Å². The molecular weight excluding hydrogens is 262 g/mol. The van der Waals surface area contributed by atoms with Crippen molar-refractivity contribution in [2.75, 3.05) is 0 Å². The van der Waals surface area contributed by atoms with E-state index < -0.39 is 0 Å². The second-order valence-electron chi connectivity index (χ2n) is 6.07. The second kappa shape index (κ2) is 4.64. The number of thioether (sulfide) groups is 1. The van der Waals surface area contributed by atoms with E-state index in [0.29, 0.717) is 5.25 Å². The maximum Gasteiger partial charge on any atom is 0.0426 e. The molecule has 1 nitrogen and oxygen atoms in total. The van der Waals surface area contributed by atoms with Gasteiger partial charge in [0.15, 0.2) is 0 Å². The minimum absolute atomic E-state index is 0.115. The van der Waals surface area contributed by atoms with Gasteiger partial charge in [-0.2, -0.15) is 0 Å². The number of rotatable bonds is 2. The SMILES string of the molecule is NC1(CC2Cc3ccccc3S2)CCc2ccccc21. The lowest BCUT2D eigenvalue weighted by molar-refractivity contribution is 0.401. The van der Waals surface area contributed by atoms with E-state index in [1.165, 1.54) is 28.0 Å². The second-order valence-corrected chi connectivity index (χ2v) is 7.41. The number of benzene rings is 2. The van der Waals surface area contributed by atoms with E-state index >= 15 is 0 Å². The van der Waals surface area contributed by atoms with E-state index in [0.717, 1.165) is 19.3 Å². The zero-order valence-corrected chi connectivity index (χ0v) is 12.3. The average Bonchev–Trinajstić information content (AvgIpc) is 3.01. The fourth-order valence-electron chi connectivity index (χ4n) is 3.70. The van der Waals surface area contributed by atoms with Crippen LogP contribution in [0.5, 0.6) is 0 Å². The van der Waals surface area contributed by atoms with Crippen LogP contribution < -0.4 is 5.73 Å². The standard InChI is InChI=1S/C18H19NS/c19-18(10-9-13-5-1-3-7-16(13)18)12-15-11-14-6-2-4-8-17(14)20-15/h1-8,15H,9-12,19H2. The summed E-state index contributed by atoms with van der Waals surface area (Å²) in [5.74, 6) is 0. The summed E-state index contributed by atoms with van der Waals surface area (Å²) in [6.45, 7) is 0. The molecule has 0 spiro atoms. The highest BCUT2D eigenvalue weighted by Gasteiger charge is 2.38. The molecule has 1 heterocycles. The summed E-state index contributed by atoms with van der Waals surface area (Å²) in [5, 5.41) is 0.628. The molecule has 102 valence electrons. The van der Waals surface area contributed by atoms with E-state index in [9.17, 15) is 0 Å². The van der Waals surface area contributed by atoms with Gasteiger partial charge in [-0.05, 0) is 48.4 Å². The molecule has 0 aromatic heterocycles. The molecule has 20 heavy (non-hydrogen) atoms. The minimum atomic E-state index is -0.115. The molecule has 0 radical (unpaired) electrons. The predicted molar refractivity (Wildman–Crippen MR) is 85.0 cm³/mol. The summed E-state index contributed by atoms with van der Waals surface area (Å²) in [6, 6.07) is 17.5. The lowest BCUT2D eigenvalue weighted by atomic mass is 9.87. The highest BCUT2D eigenvalue weighted by atomic mass is 32.2. The Morgan fingerprint density at radius 1 is 1.05 bits per heavy atom. The monoisotopic (exact) mass is 281 g/mol. The van der Waals surface area contributed by atoms with Gasteiger partial charge in [-0.1, -0.05) is 42.5 Å². The van der Waals surface area contributed by atoms with Crippen molar-refractivity contribution in [3.05, 3.63) is 65.2 Å². The quantitative estimate of drug-likeness (QED) is 0.903. The number of nitrogens with two attached hydrogens (primary N) is 1. The van der Waals surface area contributed by atoms with Crippen molar-refractivity contribution in [1.29, 1.82) is 0 Å². The van der Waals surface area contributed by atoms with Crippen molar-refractivity contribution in [2.24, 2.45) is 5.73 Å². The lowest BCUT2D eigenvalue weighted by Crippen LogP contribution is -2.37. The van der Waals surface area contributed by atoms with E-state index in [-0.39, 0.29) is 5.54 Å². The topological polar surface area (TPSA) is 26.0 Å². The molecule has 2 aromatic carbocycles. The number of aryl methyl sites for hydroxylation is 1. The fraction of sp³-hybridized carbons (Fsp3) is 0.333. The zero-order valence-electron chi connectivity index (χ0n) is 11.5. The molecule has 2 heteroatoms. The molecule has 0 fully saturated rings. The van der Waals surface area contributed by atoms with E-state index in [1.54, 1.807) is 0 Å². The first-order chi connectivity index (χ1) is 9.74. The van der Waals surface area contributed by atoms with Gasteiger partial charge in [-0.25, -0.2) is 0 Å². The van der Waals surface area contributed by atoms with Crippen molar-refractivity contribution in [3.63, 3.8) is 0 Å². The van der Waals surface area contributed by atoms with Crippen LogP contribution in [0, 0.1) is 0 Å². The first-order valence-corrected chi connectivity index (χ1v) is 8.24. The van der Waals surface area contributed by atoms with Gasteiger partial charge in [0.1, 0.15) is 0 Å². The lowest BCUT2D eigenvalue weighted by Gasteiger charge is -2.28. The summed E-state index contributed by atoms with van der Waals surface area (Å²) >= 11 is 2.02. The molecule has 2 N–H and O–H groups in total. The van der Waals surface area contributed by atoms with Crippen molar-refractivity contribution < 1.29 is 0 Å². The summed E-state index contributed by atoms with van der Waals surface area (Å²) in [5.41, 5.74) is 11.0. The van der Waals surface area contributed by atoms with Crippen LogP contribution >= 0.6 is 11.8 Å². The fourth-order valence-corrected chi connectivity index (χ4v) is 5.17. The van der Waals surface area contributed by atoms with E-state index in [2.05, 4.69) is 48.5 Å². The van der Waals surface area contributed by atoms with Gasteiger partial charge < -0.3 is 5.73 Å². The Kier molecular flexibility index (Phi) is 2.90. The van der Waals surface area contributed by atoms with Crippen LogP contribution in [0.25, 0.3) is 0 Å². The molecule has 4 rings (SSSR count). The third kappa shape index (κ3) is 1.99. The maximum atomic E-state index is 6.77. The Bertz CT molecular complexity index is 626. The van der Waals surface area contributed by atoms with Gasteiger partial charge in [-0.3, -0.25) is 0 Å². The zero-order chi connectivity index (χ0) is 13.6. The van der Waals surface area contributed by atoms with Gasteiger partial charge in [-0.15, -0.1) is 11.8 Å². The summed E-state index contributed by atoms with van der Waals surface area (Å²) in [4.78, 5) is 1.45. The van der Waals surface area contributed by atoms with Crippen LogP contribution in [-0.2, 0) is 18.4 Å². The molecule has 2 aliphatic rings. The van der Waals surface area contributed by atoms with Gasteiger partial charge in [0, 0.05) is 15.7 Å². The van der Waals surface area contributed by atoms with Crippen LogP contribution in [0.4, 0.5) is 0 Å². The van der Waals surface area contributed by atoms with E-state index in [4.69, 9.17) is 5.73 Å². The normalized spacial score (nSPS) is 27.4. The molecule has 2 aromatic rings. The van der Waals surface area contributed by atoms with E-state index in [1.807, 2.05) is 11.8 Å². The van der Waals surface area contributed by atoms with Gasteiger partial charge in [0.2, 0.25) is 0 Å². The van der Waals surface area contributed by atoms with Crippen molar-refractivity contribution in [3.8, 4) is 0 Å². The Balaban J connectivity index is 1.57. The average molecular weight is 281 g/mol. The first kappa shape index (κ1) is 12.5. The van der Waals surface area contributed by atoms with Crippen LogP contribution in [0.1, 0.15) is 29.5 Å². The minimum Gasteiger partial charge on any atom is -0.321 e. The molecule has 2 atom stereocenters. The van der Waals surface area contributed by atoms with Crippen LogP contribution in [0.15, 0.2) is 53.4 Å². The molecule has 0 amide bonds. The summed E-state index contributed by atoms with van der Waals surface area (Å²) in [7, 11) is 0. The number of hydrogen-bond donors (Lipinski definition) is 1. The highest BCUT2D eigenvalue weighted by Crippen LogP contribution is 2.45. The number of hydrogen-bond acceptors (Lipinski definition) is 2. The van der Waals surface area contributed by atoms with Crippen molar-refractivity contribution in [2.45, 2.75) is 41.4 Å². The molecule has 2 unspecified atom stereocenters. The number of fused-ring (bicyclic) bond motifs is 2. The summed E-state index contributed by atoms with van der Waals surface area (Å²) in [6.07, 6.45) is 4.49. The maximum absolute atomic E-state index is 6.77. The first-order valence-electron chi connectivity index (χ1n) is 7.36. The summed E-state index contributed by atoms with van der Waals surface area (Å²) < 4.78 is 0. The van der Waals surface area contributed by atoms with Crippen LogP contribution in [0.3, 0.4) is 0 Å².